The molecule has 0 unspecified atom stereocenters. The highest BCUT2D eigenvalue weighted by atomic mass is 79.9. The van der Waals surface area contributed by atoms with Crippen molar-refractivity contribution in [1.29, 1.82) is 0 Å². The third-order valence-electron chi connectivity index (χ3n) is 4.79. The van der Waals surface area contributed by atoms with Crippen LogP contribution in [0, 0.1) is 5.92 Å². The van der Waals surface area contributed by atoms with E-state index in [1.807, 2.05) is 24.3 Å². The van der Waals surface area contributed by atoms with Crippen LogP contribution < -0.4 is 0 Å². The number of hydrogen-bond acceptors (Lipinski definition) is 3. The molecule has 24 heavy (non-hydrogen) atoms. The molecule has 4 heteroatoms. The summed E-state index contributed by atoms with van der Waals surface area (Å²) in [5, 5.41) is 0. The lowest BCUT2D eigenvalue weighted by molar-refractivity contribution is 0.0850. The van der Waals surface area contributed by atoms with Crippen molar-refractivity contribution in [2.24, 2.45) is 5.92 Å². The number of halogens is 1. The monoisotopic (exact) mass is 386 g/mol. The van der Waals surface area contributed by atoms with Crippen LogP contribution in [0.2, 0.25) is 0 Å². The molecule has 0 atom stereocenters. The zero-order chi connectivity index (χ0) is 16.9. The lowest BCUT2D eigenvalue weighted by Crippen LogP contribution is -2.34. The highest BCUT2D eigenvalue weighted by Gasteiger charge is 2.26. The summed E-state index contributed by atoms with van der Waals surface area (Å²) in [7, 11) is 2.12. The molecule has 1 aliphatic heterocycles. The maximum absolute atomic E-state index is 12.9. The molecule has 0 amide bonds. The van der Waals surface area contributed by atoms with E-state index in [0.717, 1.165) is 48.8 Å². The van der Waals surface area contributed by atoms with Crippen molar-refractivity contribution in [2.45, 2.75) is 25.7 Å². The highest BCUT2D eigenvalue weighted by Crippen LogP contribution is 2.23. The minimum absolute atomic E-state index is 0.126. The summed E-state index contributed by atoms with van der Waals surface area (Å²) in [5.41, 5.74) is 3.02. The fraction of sp³-hybridized carbons (Fsp3) is 0.400. The molecule has 1 aromatic carbocycles. The molecule has 0 saturated carbocycles. The van der Waals surface area contributed by atoms with Gasteiger partial charge in [-0.25, -0.2) is 0 Å². The van der Waals surface area contributed by atoms with Crippen LogP contribution in [0.25, 0.3) is 0 Å². The van der Waals surface area contributed by atoms with Crippen molar-refractivity contribution in [2.75, 3.05) is 20.1 Å². The molecule has 126 valence electrons. The number of carbonyl (C=O) groups excluding carboxylic acids is 1. The van der Waals surface area contributed by atoms with E-state index in [2.05, 4.69) is 45.0 Å². The molecular weight excluding hydrogens is 364 g/mol. The Morgan fingerprint density at radius 1 is 1.21 bits per heavy atom. The second-order valence-electron chi connectivity index (χ2n) is 6.58. The lowest BCUT2D eigenvalue weighted by Gasteiger charge is -2.28. The summed E-state index contributed by atoms with van der Waals surface area (Å²) < 4.78 is 1.09. The van der Waals surface area contributed by atoms with E-state index in [9.17, 15) is 4.79 Å². The molecule has 1 saturated heterocycles. The van der Waals surface area contributed by atoms with Crippen molar-refractivity contribution in [3.63, 3.8) is 0 Å². The highest BCUT2D eigenvalue weighted by molar-refractivity contribution is 9.10. The van der Waals surface area contributed by atoms with Crippen LogP contribution in [0.15, 0.2) is 47.1 Å². The van der Waals surface area contributed by atoms with Crippen molar-refractivity contribution < 1.29 is 4.79 Å². The molecule has 3 rings (SSSR count). The van der Waals surface area contributed by atoms with Crippen molar-refractivity contribution >= 4 is 21.7 Å². The number of nitrogens with zero attached hydrogens (tertiary/aromatic N) is 2. The summed E-state index contributed by atoms with van der Waals surface area (Å²) in [6.45, 7) is 1.99. The number of pyridine rings is 1. The molecule has 0 bridgehead atoms. The fourth-order valence-corrected chi connectivity index (χ4v) is 3.74. The average molecular weight is 387 g/mol. The number of aromatic nitrogens is 1. The minimum atomic E-state index is 0.126. The van der Waals surface area contributed by atoms with E-state index in [0.29, 0.717) is 5.69 Å². The predicted molar refractivity (Wildman–Crippen MR) is 100 cm³/mol. The first-order valence-electron chi connectivity index (χ1n) is 8.54. The summed E-state index contributed by atoms with van der Waals surface area (Å²) in [6, 6.07) is 12.3. The maximum atomic E-state index is 12.9. The molecule has 0 N–H and O–H groups in total. The van der Waals surface area contributed by atoms with E-state index < -0.39 is 0 Å². The van der Waals surface area contributed by atoms with Crippen molar-refractivity contribution in [3.05, 3.63) is 63.9 Å². The number of benzene rings is 1. The van der Waals surface area contributed by atoms with E-state index in [1.165, 1.54) is 5.56 Å². The molecule has 1 aliphatic rings. The topological polar surface area (TPSA) is 33.2 Å². The SMILES string of the molecule is CN1CCC(C(=O)c2ncccc2CCc2cccc(Br)c2)CC1. The first-order chi connectivity index (χ1) is 11.6. The molecule has 0 spiro atoms. The molecule has 3 nitrogen and oxygen atoms in total. The quantitative estimate of drug-likeness (QED) is 0.723. The zero-order valence-electron chi connectivity index (χ0n) is 14.0. The molecule has 0 radical (unpaired) electrons. The van der Waals surface area contributed by atoms with Crippen molar-refractivity contribution in [3.8, 4) is 0 Å². The van der Waals surface area contributed by atoms with Gasteiger partial charge < -0.3 is 4.90 Å². The average Bonchev–Trinajstić information content (AvgIpc) is 2.60. The van der Waals surface area contributed by atoms with E-state index in [4.69, 9.17) is 0 Å². The van der Waals surface area contributed by atoms with Gasteiger partial charge in [0.2, 0.25) is 0 Å². The summed E-state index contributed by atoms with van der Waals surface area (Å²) in [6.07, 6.45) is 5.38. The maximum Gasteiger partial charge on any atom is 0.184 e. The number of ketones is 1. The first-order valence-corrected chi connectivity index (χ1v) is 9.34. The van der Waals surface area contributed by atoms with Gasteiger partial charge in [0.1, 0.15) is 5.69 Å². The van der Waals surface area contributed by atoms with Crippen LogP contribution in [-0.4, -0.2) is 35.8 Å². The minimum Gasteiger partial charge on any atom is -0.306 e. The van der Waals surface area contributed by atoms with E-state index >= 15 is 0 Å². The summed E-state index contributed by atoms with van der Waals surface area (Å²) >= 11 is 3.51. The van der Waals surface area contributed by atoms with Crippen LogP contribution >= 0.6 is 15.9 Å². The molecule has 1 fully saturated rings. The number of rotatable bonds is 5. The predicted octanol–water partition coefficient (Wildman–Crippen LogP) is 4.15. The number of Topliss-reactive ketones (excluding diaryl/α,β-unsaturated/α-hetero) is 1. The van der Waals surface area contributed by atoms with Gasteiger partial charge in [0.05, 0.1) is 0 Å². The summed E-state index contributed by atoms with van der Waals surface area (Å²) in [5.74, 6) is 0.355. The van der Waals surface area contributed by atoms with E-state index in [1.54, 1.807) is 6.20 Å². The number of carbonyl (C=O) groups is 1. The van der Waals surface area contributed by atoms with Crippen LogP contribution in [0.1, 0.15) is 34.5 Å². The fourth-order valence-electron chi connectivity index (χ4n) is 3.30. The van der Waals surface area contributed by atoms with Crippen LogP contribution in [0.3, 0.4) is 0 Å². The smallest absolute Gasteiger partial charge is 0.184 e. The van der Waals surface area contributed by atoms with Gasteiger partial charge in [0.15, 0.2) is 5.78 Å². The molecule has 2 heterocycles. The first kappa shape index (κ1) is 17.3. The van der Waals surface area contributed by atoms with Crippen LogP contribution in [-0.2, 0) is 12.8 Å². The number of hydrogen-bond donors (Lipinski definition) is 0. The Morgan fingerprint density at radius 2 is 2.00 bits per heavy atom. The Kier molecular flexibility index (Phi) is 5.80. The number of piperidine rings is 1. The van der Waals surface area contributed by atoms with E-state index in [-0.39, 0.29) is 11.7 Å². The Morgan fingerprint density at radius 3 is 2.75 bits per heavy atom. The Hall–Kier alpha value is -1.52. The Bertz CT molecular complexity index is 708. The lowest BCUT2D eigenvalue weighted by atomic mass is 9.88. The van der Waals surface area contributed by atoms with Crippen LogP contribution in [0.5, 0.6) is 0 Å². The molecular formula is C20H23BrN2O. The largest absolute Gasteiger partial charge is 0.306 e. The van der Waals surface area contributed by atoms with Gasteiger partial charge in [-0.2, -0.15) is 0 Å². The molecule has 0 aliphatic carbocycles. The Balaban J connectivity index is 1.71. The van der Waals surface area contributed by atoms with Gasteiger partial charge in [-0.05, 0) is 75.1 Å². The van der Waals surface area contributed by atoms with Crippen LogP contribution in [0.4, 0.5) is 0 Å². The molecule has 1 aromatic heterocycles. The van der Waals surface area contributed by atoms with Gasteiger partial charge >= 0.3 is 0 Å². The molecule has 2 aromatic rings. The van der Waals surface area contributed by atoms with Gasteiger partial charge in [-0.15, -0.1) is 0 Å². The Labute approximate surface area is 152 Å². The number of aryl methyl sites for hydroxylation is 2. The van der Waals surface area contributed by atoms with Gasteiger partial charge in [-0.3, -0.25) is 9.78 Å². The standard InChI is InChI=1S/C20H23BrN2O/c1-23-12-9-17(10-13-23)20(24)19-16(5-3-11-22-19)8-7-15-4-2-6-18(21)14-15/h2-6,11,14,17H,7-10,12-13H2,1H3. The van der Waals surface area contributed by atoms with Gasteiger partial charge in [0, 0.05) is 16.6 Å². The third-order valence-corrected chi connectivity index (χ3v) is 5.28. The zero-order valence-corrected chi connectivity index (χ0v) is 15.6. The van der Waals surface area contributed by atoms with Crippen molar-refractivity contribution in [1.82, 2.24) is 9.88 Å². The van der Waals surface area contributed by atoms with Gasteiger partial charge in [0.25, 0.3) is 0 Å². The summed E-state index contributed by atoms with van der Waals surface area (Å²) in [4.78, 5) is 19.6. The normalized spacial score (nSPS) is 16.2. The second kappa shape index (κ2) is 8.04. The second-order valence-corrected chi connectivity index (χ2v) is 7.50. The number of likely N-dealkylation sites (tertiary alicyclic amines) is 1. The van der Waals surface area contributed by atoms with Gasteiger partial charge in [-0.1, -0.05) is 34.1 Å². The third kappa shape index (κ3) is 4.31.